The minimum Gasteiger partial charge on any atom is -0.468 e. The highest BCUT2D eigenvalue weighted by Crippen LogP contribution is 2.18. The van der Waals surface area contributed by atoms with Crippen LogP contribution in [0.25, 0.3) is 0 Å². The Kier molecular flexibility index (Phi) is 8.79. The molecule has 0 aromatic carbocycles. The Hall–Kier alpha value is -1.57. The molecule has 2 rings (SSSR count). The first-order valence-corrected chi connectivity index (χ1v) is 9.22. The number of guanidine groups is 1. The number of morpholine rings is 1. The summed E-state index contributed by atoms with van der Waals surface area (Å²) in [6.07, 6.45) is 2.81. The molecule has 0 radical (unpaired) electrons. The number of likely N-dealkylation sites (N-methyl/N-ethyl adjacent to an activating group) is 1. The molecule has 1 atom stereocenters. The van der Waals surface area contributed by atoms with E-state index in [0.29, 0.717) is 6.54 Å². The van der Waals surface area contributed by atoms with E-state index in [9.17, 15) is 0 Å². The Morgan fingerprint density at radius 1 is 1.32 bits per heavy atom. The second kappa shape index (κ2) is 11.1. The summed E-state index contributed by atoms with van der Waals surface area (Å²) in [6.45, 7) is 9.40. The molecule has 2 heterocycles. The van der Waals surface area contributed by atoms with Crippen LogP contribution in [0, 0.1) is 0 Å². The zero-order chi connectivity index (χ0) is 17.9. The fourth-order valence-corrected chi connectivity index (χ4v) is 2.84. The summed E-state index contributed by atoms with van der Waals surface area (Å²) in [5.41, 5.74) is 0. The van der Waals surface area contributed by atoms with Gasteiger partial charge in [0.1, 0.15) is 5.76 Å². The van der Waals surface area contributed by atoms with Crippen LogP contribution in [-0.4, -0.2) is 82.3 Å². The van der Waals surface area contributed by atoms with Crippen LogP contribution >= 0.6 is 0 Å². The van der Waals surface area contributed by atoms with E-state index in [4.69, 9.17) is 14.1 Å². The van der Waals surface area contributed by atoms with Gasteiger partial charge in [0.25, 0.3) is 0 Å². The van der Waals surface area contributed by atoms with Crippen molar-refractivity contribution in [1.29, 1.82) is 0 Å². The Bertz CT molecular complexity index is 484. The maximum Gasteiger partial charge on any atom is 0.191 e. The van der Waals surface area contributed by atoms with Crippen molar-refractivity contribution in [2.75, 3.05) is 66.6 Å². The highest BCUT2D eigenvalue weighted by molar-refractivity contribution is 5.79. The highest BCUT2D eigenvalue weighted by atomic mass is 16.5. The Balaban J connectivity index is 1.78. The zero-order valence-electron chi connectivity index (χ0n) is 15.8. The third-order valence-corrected chi connectivity index (χ3v) is 4.31. The van der Waals surface area contributed by atoms with Crippen molar-refractivity contribution in [1.82, 2.24) is 20.4 Å². The van der Waals surface area contributed by atoms with E-state index in [0.717, 1.165) is 64.1 Å². The lowest BCUT2D eigenvalue weighted by Gasteiger charge is -2.26. The maximum atomic E-state index is 5.55. The van der Waals surface area contributed by atoms with Gasteiger partial charge in [0, 0.05) is 26.2 Å². The molecule has 1 fully saturated rings. The molecule has 7 heteroatoms. The van der Waals surface area contributed by atoms with Crippen molar-refractivity contribution in [3.8, 4) is 0 Å². The van der Waals surface area contributed by atoms with Crippen LogP contribution in [0.4, 0.5) is 0 Å². The molecule has 0 saturated carbocycles. The van der Waals surface area contributed by atoms with Crippen molar-refractivity contribution < 1.29 is 9.15 Å². The van der Waals surface area contributed by atoms with Gasteiger partial charge in [-0.1, -0.05) is 0 Å². The van der Waals surface area contributed by atoms with Gasteiger partial charge in [-0.2, -0.15) is 0 Å². The van der Waals surface area contributed by atoms with Gasteiger partial charge in [0.2, 0.25) is 0 Å². The first-order valence-electron chi connectivity index (χ1n) is 9.22. The Labute approximate surface area is 151 Å². The average Bonchev–Trinajstić information content (AvgIpc) is 3.13. The third kappa shape index (κ3) is 7.05. The SMILES string of the molecule is CCNC(=NCC(c1ccco1)N(C)C)NCCCN1CCOCC1. The number of furan rings is 1. The molecule has 142 valence electrons. The topological polar surface area (TPSA) is 65.3 Å². The van der Waals surface area contributed by atoms with Gasteiger partial charge in [-0.05, 0) is 46.1 Å². The molecule has 1 aromatic heterocycles. The second-order valence-electron chi connectivity index (χ2n) is 6.45. The van der Waals surface area contributed by atoms with E-state index in [1.54, 1.807) is 6.26 Å². The van der Waals surface area contributed by atoms with Gasteiger partial charge < -0.3 is 19.8 Å². The molecular weight excluding hydrogens is 318 g/mol. The molecule has 0 spiro atoms. The number of nitrogens with one attached hydrogen (secondary N) is 2. The molecule has 0 aliphatic carbocycles. The van der Waals surface area contributed by atoms with Gasteiger partial charge >= 0.3 is 0 Å². The Morgan fingerprint density at radius 2 is 2.12 bits per heavy atom. The first kappa shape index (κ1) is 19.8. The summed E-state index contributed by atoms with van der Waals surface area (Å²) in [4.78, 5) is 9.32. The molecule has 1 aliphatic heterocycles. The Morgan fingerprint density at radius 3 is 2.76 bits per heavy atom. The summed E-state index contributed by atoms with van der Waals surface area (Å²) in [5, 5.41) is 6.75. The summed E-state index contributed by atoms with van der Waals surface area (Å²) in [5.74, 6) is 1.81. The fourth-order valence-electron chi connectivity index (χ4n) is 2.84. The molecule has 1 unspecified atom stereocenters. The van der Waals surface area contributed by atoms with Gasteiger partial charge in [-0.15, -0.1) is 0 Å². The average molecular weight is 351 g/mol. The van der Waals surface area contributed by atoms with Gasteiger partial charge in [0.05, 0.1) is 32.1 Å². The molecule has 0 amide bonds. The monoisotopic (exact) mass is 351 g/mol. The number of hydrogen-bond acceptors (Lipinski definition) is 5. The van der Waals surface area contributed by atoms with Gasteiger partial charge in [-0.3, -0.25) is 14.8 Å². The quantitative estimate of drug-likeness (QED) is 0.395. The third-order valence-electron chi connectivity index (χ3n) is 4.31. The molecule has 25 heavy (non-hydrogen) atoms. The number of hydrogen-bond donors (Lipinski definition) is 2. The van der Waals surface area contributed by atoms with Gasteiger partial charge in [0.15, 0.2) is 5.96 Å². The molecule has 1 aliphatic rings. The fraction of sp³-hybridized carbons (Fsp3) is 0.722. The number of rotatable bonds is 9. The number of ether oxygens (including phenoxy) is 1. The second-order valence-corrected chi connectivity index (χ2v) is 6.45. The van der Waals surface area contributed by atoms with E-state index in [1.165, 1.54) is 0 Å². The molecule has 1 saturated heterocycles. The van der Waals surface area contributed by atoms with Crippen LogP contribution in [-0.2, 0) is 4.74 Å². The zero-order valence-corrected chi connectivity index (χ0v) is 15.8. The van der Waals surface area contributed by atoms with Crippen LogP contribution in [0.1, 0.15) is 25.1 Å². The van der Waals surface area contributed by atoms with Crippen molar-refractivity contribution in [3.05, 3.63) is 24.2 Å². The van der Waals surface area contributed by atoms with E-state index in [2.05, 4.69) is 27.4 Å². The van der Waals surface area contributed by atoms with E-state index < -0.39 is 0 Å². The largest absolute Gasteiger partial charge is 0.468 e. The van der Waals surface area contributed by atoms with E-state index in [-0.39, 0.29) is 6.04 Å². The minimum absolute atomic E-state index is 0.138. The summed E-state index contributed by atoms with van der Waals surface area (Å²) >= 11 is 0. The summed E-state index contributed by atoms with van der Waals surface area (Å²) in [7, 11) is 4.09. The maximum absolute atomic E-state index is 5.55. The lowest BCUT2D eigenvalue weighted by atomic mass is 10.2. The lowest BCUT2D eigenvalue weighted by molar-refractivity contribution is 0.0376. The standard InChI is InChI=1S/C18H33N5O2/c1-4-19-18(20-8-6-9-23-10-13-24-14-11-23)21-15-16(22(2)3)17-7-5-12-25-17/h5,7,12,16H,4,6,8-11,13-15H2,1-3H3,(H2,19,20,21). The first-order chi connectivity index (χ1) is 12.2. The van der Waals surface area contributed by atoms with Crippen molar-refractivity contribution >= 4 is 5.96 Å². The van der Waals surface area contributed by atoms with Crippen LogP contribution in [0.15, 0.2) is 27.8 Å². The van der Waals surface area contributed by atoms with E-state index in [1.807, 2.05) is 26.2 Å². The van der Waals surface area contributed by atoms with Crippen molar-refractivity contribution in [2.45, 2.75) is 19.4 Å². The van der Waals surface area contributed by atoms with Crippen LogP contribution in [0.2, 0.25) is 0 Å². The molecular formula is C18H33N5O2. The molecule has 7 nitrogen and oxygen atoms in total. The minimum atomic E-state index is 0.138. The smallest absolute Gasteiger partial charge is 0.191 e. The molecule has 0 bridgehead atoms. The van der Waals surface area contributed by atoms with Crippen molar-refractivity contribution in [2.24, 2.45) is 4.99 Å². The summed E-state index contributed by atoms with van der Waals surface area (Å²) in [6, 6.07) is 4.06. The van der Waals surface area contributed by atoms with Crippen LogP contribution in [0.3, 0.4) is 0 Å². The van der Waals surface area contributed by atoms with E-state index >= 15 is 0 Å². The van der Waals surface area contributed by atoms with Crippen LogP contribution < -0.4 is 10.6 Å². The molecule has 2 N–H and O–H groups in total. The summed E-state index contributed by atoms with van der Waals surface area (Å²) < 4.78 is 10.9. The predicted molar refractivity (Wildman–Crippen MR) is 101 cm³/mol. The number of aliphatic imine (C=N–C) groups is 1. The number of nitrogens with zero attached hydrogens (tertiary/aromatic N) is 3. The highest BCUT2D eigenvalue weighted by Gasteiger charge is 2.16. The molecule has 1 aromatic rings. The normalized spacial score (nSPS) is 17.7. The lowest BCUT2D eigenvalue weighted by Crippen LogP contribution is -2.41. The van der Waals surface area contributed by atoms with Gasteiger partial charge in [-0.25, -0.2) is 0 Å². The van der Waals surface area contributed by atoms with Crippen LogP contribution in [0.5, 0.6) is 0 Å². The van der Waals surface area contributed by atoms with Crippen molar-refractivity contribution in [3.63, 3.8) is 0 Å². The predicted octanol–water partition coefficient (Wildman–Crippen LogP) is 1.16.